The van der Waals surface area contributed by atoms with Gasteiger partial charge in [0, 0.05) is 25.5 Å². The highest BCUT2D eigenvalue weighted by Gasteiger charge is 2.09. The Kier molecular flexibility index (Phi) is 3.64. The molecule has 0 aromatic carbocycles. The summed E-state index contributed by atoms with van der Waals surface area (Å²) in [4.78, 5) is 10.3. The van der Waals surface area contributed by atoms with Gasteiger partial charge in [-0.25, -0.2) is 4.98 Å². The fourth-order valence-corrected chi connectivity index (χ4v) is 1.13. The molecule has 1 rings (SSSR count). The minimum Gasteiger partial charge on any atom is -0.356 e. The van der Waals surface area contributed by atoms with E-state index in [1.54, 1.807) is 18.6 Å². The van der Waals surface area contributed by atoms with E-state index in [9.17, 15) is 0 Å². The van der Waals surface area contributed by atoms with Crippen molar-refractivity contribution in [2.24, 2.45) is 5.73 Å². The molecule has 4 heteroatoms. The Morgan fingerprint density at radius 1 is 1.54 bits per heavy atom. The molecule has 1 heterocycles. The average Bonchev–Trinajstić information content (AvgIpc) is 2.18. The summed E-state index contributed by atoms with van der Waals surface area (Å²) in [6, 6.07) is 0.404. The second-order valence-corrected chi connectivity index (χ2v) is 3.10. The molecular weight excluding hydrogens is 164 g/mol. The van der Waals surface area contributed by atoms with Gasteiger partial charge in [0.2, 0.25) is 0 Å². The predicted molar refractivity (Wildman–Crippen MR) is 53.6 cm³/mol. The van der Waals surface area contributed by atoms with Gasteiger partial charge in [-0.15, -0.1) is 0 Å². The van der Waals surface area contributed by atoms with E-state index in [0.29, 0.717) is 12.6 Å². The number of nitrogens with two attached hydrogens (primary N) is 1. The molecule has 0 bridgehead atoms. The fourth-order valence-electron chi connectivity index (χ4n) is 1.13. The Balaban J connectivity index is 2.62. The highest BCUT2D eigenvalue weighted by Crippen LogP contribution is 2.10. The SMILES string of the molecule is CC(CCN)N(C)c1cnccn1. The Hall–Kier alpha value is -1.16. The molecular formula is C9H16N4. The van der Waals surface area contributed by atoms with Crippen LogP contribution in [0.4, 0.5) is 5.82 Å². The molecule has 1 aromatic heterocycles. The summed E-state index contributed by atoms with van der Waals surface area (Å²) in [5.41, 5.74) is 5.48. The molecule has 0 radical (unpaired) electrons. The van der Waals surface area contributed by atoms with Crippen molar-refractivity contribution in [1.29, 1.82) is 0 Å². The van der Waals surface area contributed by atoms with E-state index >= 15 is 0 Å². The zero-order valence-electron chi connectivity index (χ0n) is 8.14. The topological polar surface area (TPSA) is 55.0 Å². The Bertz CT molecular complexity index is 237. The lowest BCUT2D eigenvalue weighted by atomic mass is 10.2. The maximum Gasteiger partial charge on any atom is 0.147 e. The minimum atomic E-state index is 0.404. The van der Waals surface area contributed by atoms with Gasteiger partial charge in [-0.2, -0.15) is 0 Å². The van der Waals surface area contributed by atoms with Gasteiger partial charge in [-0.05, 0) is 19.9 Å². The van der Waals surface area contributed by atoms with Crippen molar-refractivity contribution in [2.75, 3.05) is 18.5 Å². The number of anilines is 1. The van der Waals surface area contributed by atoms with E-state index < -0.39 is 0 Å². The Labute approximate surface area is 78.8 Å². The molecule has 1 aromatic rings. The van der Waals surface area contributed by atoms with E-state index in [-0.39, 0.29) is 0 Å². The van der Waals surface area contributed by atoms with Gasteiger partial charge in [0.1, 0.15) is 5.82 Å². The van der Waals surface area contributed by atoms with Crippen molar-refractivity contribution in [3.8, 4) is 0 Å². The summed E-state index contributed by atoms with van der Waals surface area (Å²) in [6.07, 6.45) is 6.09. The molecule has 0 aliphatic heterocycles. The Morgan fingerprint density at radius 3 is 2.85 bits per heavy atom. The second kappa shape index (κ2) is 4.77. The van der Waals surface area contributed by atoms with Crippen molar-refractivity contribution >= 4 is 5.82 Å². The molecule has 0 amide bonds. The standard InChI is InChI=1S/C9H16N4/c1-8(3-4-10)13(2)9-7-11-5-6-12-9/h5-8H,3-4,10H2,1-2H3. The predicted octanol–water partition coefficient (Wildman–Crippen LogP) is 0.650. The first-order valence-electron chi connectivity index (χ1n) is 4.44. The van der Waals surface area contributed by atoms with Crippen LogP contribution in [0.5, 0.6) is 0 Å². The number of nitrogens with zero attached hydrogens (tertiary/aromatic N) is 3. The molecule has 1 atom stereocenters. The van der Waals surface area contributed by atoms with Crippen LogP contribution in [0.2, 0.25) is 0 Å². The van der Waals surface area contributed by atoms with E-state index in [2.05, 4.69) is 21.8 Å². The molecule has 0 saturated heterocycles. The van der Waals surface area contributed by atoms with Crippen LogP contribution >= 0.6 is 0 Å². The van der Waals surface area contributed by atoms with E-state index in [0.717, 1.165) is 12.2 Å². The number of aromatic nitrogens is 2. The quantitative estimate of drug-likeness (QED) is 0.739. The molecule has 0 aliphatic carbocycles. The molecule has 1 unspecified atom stereocenters. The molecule has 4 nitrogen and oxygen atoms in total. The van der Waals surface area contributed by atoms with Gasteiger partial charge >= 0.3 is 0 Å². The third-order valence-electron chi connectivity index (χ3n) is 2.16. The first-order chi connectivity index (χ1) is 6.25. The van der Waals surface area contributed by atoms with E-state index in [1.807, 2.05) is 7.05 Å². The lowest BCUT2D eigenvalue weighted by Crippen LogP contribution is -2.31. The van der Waals surface area contributed by atoms with Crippen LogP contribution in [-0.4, -0.2) is 29.6 Å². The zero-order valence-corrected chi connectivity index (χ0v) is 8.14. The van der Waals surface area contributed by atoms with E-state index in [1.165, 1.54) is 0 Å². The van der Waals surface area contributed by atoms with E-state index in [4.69, 9.17) is 5.73 Å². The summed E-state index contributed by atoms with van der Waals surface area (Å²) < 4.78 is 0. The molecule has 0 aliphatic rings. The highest BCUT2D eigenvalue weighted by molar-refractivity contribution is 5.34. The summed E-state index contributed by atoms with van der Waals surface area (Å²) in [5.74, 6) is 0.892. The summed E-state index contributed by atoms with van der Waals surface area (Å²) in [6.45, 7) is 2.83. The van der Waals surface area contributed by atoms with Crippen molar-refractivity contribution in [2.45, 2.75) is 19.4 Å². The smallest absolute Gasteiger partial charge is 0.147 e. The summed E-state index contributed by atoms with van der Waals surface area (Å²) in [7, 11) is 2.00. The molecule has 13 heavy (non-hydrogen) atoms. The minimum absolute atomic E-state index is 0.404. The van der Waals surface area contributed by atoms with Crippen LogP contribution in [0.3, 0.4) is 0 Å². The maximum atomic E-state index is 5.48. The normalized spacial score (nSPS) is 12.5. The van der Waals surface area contributed by atoms with Gasteiger partial charge in [-0.1, -0.05) is 0 Å². The second-order valence-electron chi connectivity index (χ2n) is 3.10. The van der Waals surface area contributed by atoms with Crippen LogP contribution in [-0.2, 0) is 0 Å². The third-order valence-corrected chi connectivity index (χ3v) is 2.16. The van der Waals surface area contributed by atoms with Crippen molar-refractivity contribution < 1.29 is 0 Å². The number of hydrogen-bond donors (Lipinski definition) is 1. The third kappa shape index (κ3) is 2.66. The highest BCUT2D eigenvalue weighted by atomic mass is 15.2. The van der Waals surface area contributed by atoms with Crippen LogP contribution in [0.25, 0.3) is 0 Å². The van der Waals surface area contributed by atoms with Crippen molar-refractivity contribution in [3.05, 3.63) is 18.6 Å². The van der Waals surface area contributed by atoms with Crippen LogP contribution in [0, 0.1) is 0 Å². The molecule has 0 spiro atoms. The van der Waals surface area contributed by atoms with Crippen LogP contribution in [0.1, 0.15) is 13.3 Å². The van der Waals surface area contributed by atoms with Crippen molar-refractivity contribution in [1.82, 2.24) is 9.97 Å². The van der Waals surface area contributed by atoms with Crippen molar-refractivity contribution in [3.63, 3.8) is 0 Å². The van der Waals surface area contributed by atoms with Gasteiger partial charge in [0.25, 0.3) is 0 Å². The van der Waals surface area contributed by atoms with Crippen LogP contribution < -0.4 is 10.6 Å². The first-order valence-corrected chi connectivity index (χ1v) is 4.44. The molecule has 2 N–H and O–H groups in total. The molecule has 0 fully saturated rings. The maximum absolute atomic E-state index is 5.48. The average molecular weight is 180 g/mol. The number of rotatable bonds is 4. The summed E-state index contributed by atoms with van der Waals surface area (Å²) >= 11 is 0. The first kappa shape index (κ1) is 9.92. The zero-order chi connectivity index (χ0) is 9.68. The fraction of sp³-hybridized carbons (Fsp3) is 0.556. The largest absolute Gasteiger partial charge is 0.356 e. The lowest BCUT2D eigenvalue weighted by Gasteiger charge is -2.24. The van der Waals surface area contributed by atoms with Gasteiger partial charge in [0.05, 0.1) is 6.20 Å². The molecule has 72 valence electrons. The van der Waals surface area contributed by atoms with Gasteiger partial charge in [-0.3, -0.25) is 4.98 Å². The summed E-state index contributed by atoms with van der Waals surface area (Å²) in [5, 5.41) is 0. The number of hydrogen-bond acceptors (Lipinski definition) is 4. The molecule has 0 saturated carbocycles. The monoisotopic (exact) mass is 180 g/mol. The van der Waals surface area contributed by atoms with Crippen LogP contribution in [0.15, 0.2) is 18.6 Å². The lowest BCUT2D eigenvalue weighted by molar-refractivity contribution is 0.628. The van der Waals surface area contributed by atoms with Gasteiger partial charge < -0.3 is 10.6 Å². The van der Waals surface area contributed by atoms with Gasteiger partial charge in [0.15, 0.2) is 0 Å². The Morgan fingerprint density at radius 2 is 2.31 bits per heavy atom.